The standard InChI is InChI=1S/C14H14N4O4/c1-4-10-15-13(21-17-10)14-16-12(18-22-14)8-6-5-7-9(19-2)11(8)20-3/h5-7H,4H2,1-3H3. The van der Waals surface area contributed by atoms with Crippen molar-refractivity contribution in [2.75, 3.05) is 14.2 Å². The largest absolute Gasteiger partial charge is 0.493 e. The van der Waals surface area contributed by atoms with Crippen molar-refractivity contribution in [1.82, 2.24) is 20.3 Å². The van der Waals surface area contributed by atoms with Gasteiger partial charge in [0.05, 0.1) is 19.8 Å². The molecular formula is C14H14N4O4. The van der Waals surface area contributed by atoms with Crippen molar-refractivity contribution in [2.45, 2.75) is 13.3 Å². The summed E-state index contributed by atoms with van der Waals surface area (Å²) in [6, 6.07) is 5.41. The maximum absolute atomic E-state index is 5.36. The number of hydrogen-bond acceptors (Lipinski definition) is 8. The van der Waals surface area contributed by atoms with E-state index in [0.29, 0.717) is 35.1 Å². The number of ether oxygens (including phenoxy) is 2. The molecule has 0 amide bonds. The first-order valence-corrected chi connectivity index (χ1v) is 6.64. The van der Waals surface area contributed by atoms with Crippen LogP contribution >= 0.6 is 0 Å². The van der Waals surface area contributed by atoms with Crippen molar-refractivity contribution in [1.29, 1.82) is 0 Å². The van der Waals surface area contributed by atoms with E-state index in [1.807, 2.05) is 13.0 Å². The third-order valence-corrected chi connectivity index (χ3v) is 3.04. The Morgan fingerprint density at radius 3 is 2.45 bits per heavy atom. The molecule has 0 N–H and O–H groups in total. The van der Waals surface area contributed by atoms with Crippen LogP contribution in [0.5, 0.6) is 11.5 Å². The van der Waals surface area contributed by atoms with Gasteiger partial charge < -0.3 is 18.5 Å². The van der Waals surface area contributed by atoms with Gasteiger partial charge >= 0.3 is 11.8 Å². The summed E-state index contributed by atoms with van der Waals surface area (Å²) in [6.07, 6.45) is 0.661. The molecule has 0 atom stereocenters. The first-order chi connectivity index (χ1) is 10.8. The van der Waals surface area contributed by atoms with Crippen LogP contribution in [-0.4, -0.2) is 34.5 Å². The molecule has 0 aliphatic rings. The molecule has 0 aliphatic heterocycles. The van der Waals surface area contributed by atoms with Crippen molar-refractivity contribution in [3.05, 3.63) is 24.0 Å². The van der Waals surface area contributed by atoms with Gasteiger partial charge in [-0.3, -0.25) is 0 Å². The fraction of sp³-hybridized carbons (Fsp3) is 0.286. The smallest absolute Gasteiger partial charge is 0.316 e. The molecule has 0 bridgehead atoms. The Hall–Kier alpha value is -2.90. The molecule has 0 radical (unpaired) electrons. The Bertz CT molecular complexity index is 781. The van der Waals surface area contributed by atoms with Crippen LogP contribution in [0.4, 0.5) is 0 Å². The van der Waals surface area contributed by atoms with Gasteiger partial charge in [0.2, 0.25) is 5.82 Å². The Labute approximate surface area is 126 Å². The van der Waals surface area contributed by atoms with E-state index in [1.165, 1.54) is 0 Å². The van der Waals surface area contributed by atoms with Gasteiger partial charge in [-0.25, -0.2) is 0 Å². The summed E-state index contributed by atoms with van der Waals surface area (Å²) in [5, 5.41) is 7.73. The average Bonchev–Trinajstić information content (AvgIpc) is 3.22. The quantitative estimate of drug-likeness (QED) is 0.708. The highest BCUT2D eigenvalue weighted by molar-refractivity contribution is 5.69. The summed E-state index contributed by atoms with van der Waals surface area (Å²) >= 11 is 0. The van der Waals surface area contributed by atoms with Gasteiger partial charge in [-0.05, 0) is 12.1 Å². The maximum atomic E-state index is 5.36. The molecule has 3 rings (SSSR count). The van der Waals surface area contributed by atoms with Crippen molar-refractivity contribution in [2.24, 2.45) is 0 Å². The van der Waals surface area contributed by atoms with E-state index in [2.05, 4.69) is 20.3 Å². The van der Waals surface area contributed by atoms with Gasteiger partial charge in [0.25, 0.3) is 0 Å². The van der Waals surface area contributed by atoms with Crippen LogP contribution < -0.4 is 9.47 Å². The number of para-hydroxylation sites is 1. The molecule has 0 aliphatic carbocycles. The summed E-state index contributed by atoms with van der Waals surface area (Å²) in [7, 11) is 3.11. The topological polar surface area (TPSA) is 96.3 Å². The number of aryl methyl sites for hydroxylation is 1. The lowest BCUT2D eigenvalue weighted by Gasteiger charge is -2.09. The first-order valence-electron chi connectivity index (χ1n) is 6.64. The van der Waals surface area contributed by atoms with Crippen LogP contribution in [-0.2, 0) is 6.42 Å². The lowest BCUT2D eigenvalue weighted by Crippen LogP contribution is -1.94. The highest BCUT2D eigenvalue weighted by Gasteiger charge is 2.20. The van der Waals surface area contributed by atoms with Crippen molar-refractivity contribution in [3.8, 4) is 34.7 Å². The number of benzene rings is 1. The summed E-state index contributed by atoms with van der Waals surface area (Å²) in [6.45, 7) is 1.93. The minimum Gasteiger partial charge on any atom is -0.493 e. The molecule has 8 nitrogen and oxygen atoms in total. The Morgan fingerprint density at radius 1 is 1.00 bits per heavy atom. The maximum Gasteiger partial charge on any atom is 0.316 e. The number of methoxy groups -OCH3 is 2. The molecule has 0 spiro atoms. The van der Waals surface area contributed by atoms with Crippen LogP contribution in [0.2, 0.25) is 0 Å². The second kappa shape index (κ2) is 5.84. The summed E-state index contributed by atoms with van der Waals surface area (Å²) in [4.78, 5) is 8.43. The molecule has 3 aromatic rings. The molecule has 0 saturated carbocycles. The lowest BCUT2D eigenvalue weighted by atomic mass is 10.1. The van der Waals surface area contributed by atoms with Gasteiger partial charge in [0.1, 0.15) is 0 Å². The normalized spacial score (nSPS) is 10.7. The lowest BCUT2D eigenvalue weighted by molar-refractivity contribution is 0.355. The van der Waals surface area contributed by atoms with Gasteiger partial charge in [-0.15, -0.1) is 0 Å². The summed E-state index contributed by atoms with van der Waals surface area (Å²) in [5.74, 6) is 2.38. The molecule has 0 saturated heterocycles. The van der Waals surface area contributed by atoms with Gasteiger partial charge in [-0.2, -0.15) is 9.97 Å². The van der Waals surface area contributed by atoms with Crippen molar-refractivity contribution < 1.29 is 18.5 Å². The fourth-order valence-corrected chi connectivity index (χ4v) is 1.97. The Balaban J connectivity index is 2.00. The predicted molar refractivity (Wildman–Crippen MR) is 75.5 cm³/mol. The molecular weight excluding hydrogens is 288 g/mol. The van der Waals surface area contributed by atoms with E-state index >= 15 is 0 Å². The SMILES string of the molecule is CCc1noc(-c2nc(-c3cccc(OC)c3OC)no2)n1. The molecule has 114 valence electrons. The number of hydrogen-bond donors (Lipinski definition) is 0. The third kappa shape index (κ3) is 2.39. The van der Waals surface area contributed by atoms with E-state index in [4.69, 9.17) is 18.5 Å². The zero-order chi connectivity index (χ0) is 15.5. The highest BCUT2D eigenvalue weighted by atomic mass is 16.5. The molecule has 22 heavy (non-hydrogen) atoms. The van der Waals surface area contributed by atoms with Crippen LogP contribution in [0.25, 0.3) is 23.2 Å². The second-order valence-corrected chi connectivity index (χ2v) is 4.33. The molecule has 0 unspecified atom stereocenters. The van der Waals surface area contributed by atoms with Crippen molar-refractivity contribution >= 4 is 0 Å². The zero-order valence-corrected chi connectivity index (χ0v) is 12.4. The second-order valence-electron chi connectivity index (χ2n) is 4.33. The van der Waals surface area contributed by atoms with Gasteiger partial charge in [0, 0.05) is 6.42 Å². The fourth-order valence-electron chi connectivity index (χ4n) is 1.97. The predicted octanol–water partition coefficient (Wildman–Crippen LogP) is 2.37. The van der Waals surface area contributed by atoms with E-state index in [9.17, 15) is 0 Å². The Morgan fingerprint density at radius 2 is 1.77 bits per heavy atom. The molecule has 0 fully saturated rings. The molecule has 2 aromatic heterocycles. The van der Waals surface area contributed by atoms with Gasteiger partial charge in [-0.1, -0.05) is 23.3 Å². The van der Waals surface area contributed by atoms with Crippen molar-refractivity contribution in [3.63, 3.8) is 0 Å². The third-order valence-electron chi connectivity index (χ3n) is 3.04. The number of nitrogens with zero attached hydrogens (tertiary/aromatic N) is 4. The highest BCUT2D eigenvalue weighted by Crippen LogP contribution is 2.36. The van der Waals surface area contributed by atoms with Crippen LogP contribution in [0.1, 0.15) is 12.7 Å². The summed E-state index contributed by atoms with van der Waals surface area (Å²) < 4.78 is 20.9. The number of rotatable bonds is 5. The Kier molecular flexibility index (Phi) is 3.73. The monoisotopic (exact) mass is 302 g/mol. The van der Waals surface area contributed by atoms with Crippen LogP contribution in [0.3, 0.4) is 0 Å². The number of aromatic nitrogens is 4. The minimum absolute atomic E-state index is 0.159. The average molecular weight is 302 g/mol. The first kappa shape index (κ1) is 14.1. The molecule has 2 heterocycles. The van der Waals surface area contributed by atoms with Crippen LogP contribution in [0, 0.1) is 0 Å². The molecule has 8 heteroatoms. The van der Waals surface area contributed by atoms with E-state index in [-0.39, 0.29) is 11.8 Å². The molecule has 1 aromatic carbocycles. The summed E-state index contributed by atoms with van der Waals surface area (Å²) in [5.41, 5.74) is 0.645. The van der Waals surface area contributed by atoms with E-state index in [1.54, 1.807) is 26.4 Å². The van der Waals surface area contributed by atoms with E-state index < -0.39 is 0 Å². The van der Waals surface area contributed by atoms with E-state index in [0.717, 1.165) is 0 Å². The van der Waals surface area contributed by atoms with Gasteiger partial charge in [0.15, 0.2) is 17.3 Å². The minimum atomic E-state index is 0.159. The van der Waals surface area contributed by atoms with Crippen LogP contribution in [0.15, 0.2) is 27.2 Å². The zero-order valence-electron chi connectivity index (χ0n) is 12.4.